The molecule has 0 heterocycles. The van der Waals surface area contributed by atoms with Gasteiger partial charge in [-0.3, -0.25) is 4.79 Å². The van der Waals surface area contributed by atoms with Gasteiger partial charge in [-0.05, 0) is 24.6 Å². The van der Waals surface area contributed by atoms with E-state index in [0.29, 0.717) is 18.5 Å². The fourth-order valence-corrected chi connectivity index (χ4v) is 1.26. The summed E-state index contributed by atoms with van der Waals surface area (Å²) in [5.74, 6) is -0.0278. The van der Waals surface area contributed by atoms with E-state index in [1.807, 2.05) is 0 Å². The van der Waals surface area contributed by atoms with E-state index in [0.717, 1.165) is 19.3 Å². The molecular weight excluding hydrogens is 204 g/mol. The lowest BCUT2D eigenvalue weighted by Gasteiger charge is -1.97. The number of rotatable bonds is 6. The Labute approximate surface area is 95.0 Å². The van der Waals surface area contributed by atoms with Crippen LogP contribution in [0.15, 0.2) is 28.4 Å². The first-order chi connectivity index (χ1) is 7.77. The minimum Gasteiger partial charge on any atom is -0.507 e. The third-order valence-corrected chi connectivity index (χ3v) is 2.19. The normalized spacial score (nSPS) is 10.8. The predicted octanol–water partition coefficient (Wildman–Crippen LogP) is 3.48. The quantitative estimate of drug-likeness (QED) is 0.453. The third kappa shape index (κ3) is 3.81. The highest BCUT2D eigenvalue weighted by molar-refractivity contribution is 5.80. The number of azo groups is 1. The standard InChI is InChI=1S/C12H16N2O2/c1-2-3-4-7-13-14-11-5-6-12(16)10(8-11)9-15/h5-6,8-9,16H,2-4,7H2,1H3/b14-13+. The first-order valence-electron chi connectivity index (χ1n) is 5.43. The van der Waals surface area contributed by atoms with Crippen LogP contribution in [0.2, 0.25) is 0 Å². The molecule has 0 spiro atoms. The molecule has 0 atom stereocenters. The maximum Gasteiger partial charge on any atom is 0.153 e. The van der Waals surface area contributed by atoms with Crippen molar-refractivity contribution in [3.05, 3.63) is 23.8 Å². The molecule has 0 aliphatic carbocycles. The number of nitrogens with zero attached hydrogens (tertiary/aromatic N) is 2. The Balaban J connectivity index is 2.56. The van der Waals surface area contributed by atoms with Crippen LogP contribution >= 0.6 is 0 Å². The average Bonchev–Trinajstić information content (AvgIpc) is 2.31. The van der Waals surface area contributed by atoms with Crippen LogP contribution in [0.1, 0.15) is 36.5 Å². The Bertz CT molecular complexity index is 375. The Morgan fingerprint density at radius 2 is 2.19 bits per heavy atom. The Kier molecular flexibility index (Phi) is 5.19. The average molecular weight is 220 g/mol. The number of hydrogen-bond acceptors (Lipinski definition) is 4. The van der Waals surface area contributed by atoms with Crippen molar-refractivity contribution in [1.29, 1.82) is 0 Å². The molecule has 4 heteroatoms. The molecule has 16 heavy (non-hydrogen) atoms. The second kappa shape index (κ2) is 6.71. The lowest BCUT2D eigenvalue weighted by atomic mass is 10.2. The van der Waals surface area contributed by atoms with Gasteiger partial charge < -0.3 is 5.11 Å². The molecule has 86 valence electrons. The Morgan fingerprint density at radius 1 is 1.38 bits per heavy atom. The SMILES string of the molecule is CCCCC/N=N/c1ccc(O)c(C=O)c1. The zero-order chi connectivity index (χ0) is 11.8. The van der Waals surface area contributed by atoms with E-state index in [2.05, 4.69) is 17.2 Å². The van der Waals surface area contributed by atoms with Gasteiger partial charge in [0, 0.05) is 0 Å². The molecule has 1 rings (SSSR count). The number of carbonyl (C=O) groups is 1. The molecule has 0 aromatic heterocycles. The largest absolute Gasteiger partial charge is 0.507 e. The summed E-state index contributed by atoms with van der Waals surface area (Å²) >= 11 is 0. The van der Waals surface area contributed by atoms with Gasteiger partial charge in [0.2, 0.25) is 0 Å². The molecule has 1 N–H and O–H groups in total. The second-order valence-corrected chi connectivity index (χ2v) is 3.53. The van der Waals surface area contributed by atoms with Gasteiger partial charge in [-0.15, -0.1) is 0 Å². The summed E-state index contributed by atoms with van der Waals surface area (Å²) in [5, 5.41) is 17.3. The molecule has 0 aliphatic heterocycles. The molecule has 0 bridgehead atoms. The lowest BCUT2D eigenvalue weighted by molar-refractivity contribution is 0.112. The fourth-order valence-electron chi connectivity index (χ4n) is 1.26. The summed E-state index contributed by atoms with van der Waals surface area (Å²) < 4.78 is 0. The highest BCUT2D eigenvalue weighted by Crippen LogP contribution is 2.21. The Morgan fingerprint density at radius 3 is 2.88 bits per heavy atom. The van der Waals surface area contributed by atoms with Crippen LogP contribution in [-0.2, 0) is 0 Å². The fraction of sp³-hybridized carbons (Fsp3) is 0.417. The molecule has 0 fully saturated rings. The smallest absolute Gasteiger partial charge is 0.153 e. The number of carbonyl (C=O) groups excluding carboxylic acids is 1. The zero-order valence-corrected chi connectivity index (χ0v) is 9.39. The number of phenols is 1. The van der Waals surface area contributed by atoms with E-state index in [1.165, 1.54) is 12.1 Å². The van der Waals surface area contributed by atoms with Gasteiger partial charge in [-0.2, -0.15) is 10.2 Å². The molecular formula is C12H16N2O2. The maximum atomic E-state index is 10.6. The van der Waals surface area contributed by atoms with Gasteiger partial charge in [-0.25, -0.2) is 0 Å². The van der Waals surface area contributed by atoms with Crippen molar-refractivity contribution in [2.24, 2.45) is 10.2 Å². The molecule has 0 unspecified atom stereocenters. The summed E-state index contributed by atoms with van der Waals surface area (Å²) in [6, 6.07) is 4.60. The van der Waals surface area contributed by atoms with E-state index in [9.17, 15) is 9.90 Å². The van der Waals surface area contributed by atoms with Gasteiger partial charge in [-0.1, -0.05) is 19.8 Å². The number of aromatic hydroxyl groups is 1. The van der Waals surface area contributed by atoms with Crippen LogP contribution in [0.4, 0.5) is 5.69 Å². The third-order valence-electron chi connectivity index (χ3n) is 2.19. The molecule has 4 nitrogen and oxygen atoms in total. The number of phenolic OH excluding ortho intramolecular Hbond substituents is 1. The minimum absolute atomic E-state index is 0.0278. The van der Waals surface area contributed by atoms with Crippen LogP contribution < -0.4 is 0 Å². The molecule has 1 aromatic rings. The van der Waals surface area contributed by atoms with Crippen LogP contribution in [0.25, 0.3) is 0 Å². The minimum atomic E-state index is -0.0278. The van der Waals surface area contributed by atoms with Crippen LogP contribution in [0, 0.1) is 0 Å². The van der Waals surface area contributed by atoms with E-state index < -0.39 is 0 Å². The van der Waals surface area contributed by atoms with Crippen molar-refractivity contribution >= 4 is 12.0 Å². The number of hydrogen-bond donors (Lipinski definition) is 1. The van der Waals surface area contributed by atoms with E-state index in [4.69, 9.17) is 0 Å². The number of benzene rings is 1. The monoisotopic (exact) mass is 220 g/mol. The summed E-state index contributed by atoms with van der Waals surface area (Å²) in [6.07, 6.45) is 3.93. The van der Waals surface area contributed by atoms with Crippen LogP contribution in [-0.4, -0.2) is 17.9 Å². The molecule has 0 saturated carbocycles. The van der Waals surface area contributed by atoms with Crippen molar-refractivity contribution in [3.8, 4) is 5.75 Å². The van der Waals surface area contributed by atoms with Crippen molar-refractivity contribution < 1.29 is 9.90 Å². The highest BCUT2D eigenvalue weighted by Gasteiger charge is 2.00. The molecule has 0 radical (unpaired) electrons. The van der Waals surface area contributed by atoms with Gasteiger partial charge in [0.1, 0.15) is 5.75 Å². The summed E-state index contributed by atoms with van der Waals surface area (Å²) in [5.41, 5.74) is 0.835. The molecule has 0 amide bonds. The van der Waals surface area contributed by atoms with Crippen molar-refractivity contribution in [3.63, 3.8) is 0 Å². The predicted molar refractivity (Wildman–Crippen MR) is 62.4 cm³/mol. The topological polar surface area (TPSA) is 62.0 Å². The number of unbranched alkanes of at least 4 members (excludes halogenated alkanes) is 2. The van der Waals surface area contributed by atoms with Gasteiger partial charge >= 0.3 is 0 Å². The van der Waals surface area contributed by atoms with Crippen molar-refractivity contribution in [1.82, 2.24) is 0 Å². The number of aldehydes is 1. The zero-order valence-electron chi connectivity index (χ0n) is 9.39. The summed E-state index contributed by atoms with van der Waals surface area (Å²) in [6.45, 7) is 2.83. The van der Waals surface area contributed by atoms with Gasteiger partial charge in [0.15, 0.2) is 6.29 Å². The van der Waals surface area contributed by atoms with E-state index in [-0.39, 0.29) is 11.3 Å². The highest BCUT2D eigenvalue weighted by atomic mass is 16.3. The van der Waals surface area contributed by atoms with Gasteiger partial charge in [0.05, 0.1) is 17.8 Å². The van der Waals surface area contributed by atoms with E-state index >= 15 is 0 Å². The van der Waals surface area contributed by atoms with Crippen LogP contribution in [0.3, 0.4) is 0 Å². The Hall–Kier alpha value is -1.71. The first-order valence-corrected chi connectivity index (χ1v) is 5.43. The second-order valence-electron chi connectivity index (χ2n) is 3.53. The summed E-state index contributed by atoms with van der Waals surface area (Å²) in [4.78, 5) is 10.6. The molecule has 0 aliphatic rings. The molecule has 0 saturated heterocycles. The lowest BCUT2D eigenvalue weighted by Crippen LogP contribution is -1.81. The van der Waals surface area contributed by atoms with Crippen molar-refractivity contribution in [2.45, 2.75) is 26.2 Å². The first kappa shape index (κ1) is 12.4. The maximum absolute atomic E-state index is 10.6. The van der Waals surface area contributed by atoms with Gasteiger partial charge in [0.25, 0.3) is 0 Å². The summed E-state index contributed by atoms with van der Waals surface area (Å²) in [7, 11) is 0. The van der Waals surface area contributed by atoms with E-state index in [1.54, 1.807) is 6.07 Å². The van der Waals surface area contributed by atoms with Crippen molar-refractivity contribution in [2.75, 3.05) is 6.54 Å². The van der Waals surface area contributed by atoms with Crippen LogP contribution in [0.5, 0.6) is 5.75 Å². The molecule has 1 aromatic carbocycles.